The number of hydrogen-bond donors (Lipinski definition) is 1. The van der Waals surface area contributed by atoms with Crippen molar-refractivity contribution in [1.82, 2.24) is 10.2 Å². The lowest BCUT2D eigenvalue weighted by Gasteiger charge is -2.31. The van der Waals surface area contributed by atoms with Crippen LogP contribution in [0.3, 0.4) is 0 Å². The number of amides is 2. The molecule has 0 spiro atoms. The van der Waals surface area contributed by atoms with E-state index in [4.69, 9.17) is 23.2 Å². The highest BCUT2D eigenvalue weighted by Gasteiger charge is 2.29. The summed E-state index contributed by atoms with van der Waals surface area (Å²) < 4.78 is 0. The molecule has 2 amide bonds. The molecule has 30 heavy (non-hydrogen) atoms. The van der Waals surface area contributed by atoms with Gasteiger partial charge in [-0.25, -0.2) is 0 Å². The summed E-state index contributed by atoms with van der Waals surface area (Å²) in [6.07, 6.45) is 0.680. The second-order valence-electron chi connectivity index (χ2n) is 7.94. The molecule has 1 atom stereocenters. The van der Waals surface area contributed by atoms with Gasteiger partial charge in [-0.3, -0.25) is 9.59 Å². The van der Waals surface area contributed by atoms with E-state index < -0.39 is 6.04 Å². The Morgan fingerprint density at radius 2 is 1.77 bits per heavy atom. The van der Waals surface area contributed by atoms with Crippen LogP contribution in [-0.4, -0.2) is 29.3 Å². The Balaban J connectivity index is 2.30. The molecule has 162 valence electrons. The van der Waals surface area contributed by atoms with E-state index in [0.717, 1.165) is 16.7 Å². The van der Waals surface area contributed by atoms with Crippen LogP contribution < -0.4 is 5.32 Å². The molecule has 2 aromatic rings. The molecule has 0 radical (unpaired) electrons. The van der Waals surface area contributed by atoms with Gasteiger partial charge in [0.25, 0.3) is 0 Å². The van der Waals surface area contributed by atoms with E-state index in [1.54, 1.807) is 23.1 Å². The summed E-state index contributed by atoms with van der Waals surface area (Å²) in [5.41, 5.74) is 2.87. The van der Waals surface area contributed by atoms with Crippen molar-refractivity contribution in [3.05, 3.63) is 69.2 Å². The van der Waals surface area contributed by atoms with Crippen molar-refractivity contribution in [2.75, 3.05) is 6.54 Å². The highest BCUT2D eigenvalue weighted by atomic mass is 35.5. The molecule has 0 saturated carbocycles. The zero-order valence-corrected chi connectivity index (χ0v) is 19.6. The van der Waals surface area contributed by atoms with Gasteiger partial charge in [0.2, 0.25) is 11.8 Å². The lowest BCUT2D eigenvalue weighted by atomic mass is 10.0. The van der Waals surface area contributed by atoms with E-state index in [-0.39, 0.29) is 18.2 Å². The highest BCUT2D eigenvalue weighted by Crippen LogP contribution is 2.24. The van der Waals surface area contributed by atoms with Crippen molar-refractivity contribution in [2.45, 2.75) is 53.1 Å². The number of carbonyl (C=O) groups excluding carboxylic acids is 2. The van der Waals surface area contributed by atoms with Gasteiger partial charge in [-0.15, -0.1) is 0 Å². The first-order valence-corrected chi connectivity index (χ1v) is 11.0. The summed E-state index contributed by atoms with van der Waals surface area (Å²) in [5, 5.41) is 3.84. The minimum atomic E-state index is -0.543. The molecule has 2 rings (SSSR count). The summed E-state index contributed by atoms with van der Waals surface area (Å²) in [7, 11) is 0. The van der Waals surface area contributed by atoms with E-state index in [1.807, 2.05) is 52.0 Å². The molecule has 6 heteroatoms. The molecule has 1 unspecified atom stereocenters. The van der Waals surface area contributed by atoms with Crippen LogP contribution in [-0.2, 0) is 22.6 Å². The lowest BCUT2D eigenvalue weighted by Crippen LogP contribution is -2.50. The minimum Gasteiger partial charge on any atom is -0.354 e. The first kappa shape index (κ1) is 24.2. The van der Waals surface area contributed by atoms with E-state index in [9.17, 15) is 9.59 Å². The third-order valence-electron chi connectivity index (χ3n) is 5.01. The number of nitrogens with zero attached hydrogens (tertiary/aromatic N) is 1. The smallest absolute Gasteiger partial charge is 0.242 e. The van der Waals surface area contributed by atoms with E-state index in [1.165, 1.54) is 0 Å². The molecular formula is C24H30Cl2N2O2. The standard InChI is InChI=1S/C24H30Cl2N2O2/c1-5-22(24(30)27-14-16(2)3)28(15-19-9-7-6-8-17(19)4)23(29)13-18-10-11-20(25)21(26)12-18/h6-12,16,22H,5,13-15H2,1-4H3,(H,27,30). The van der Waals surface area contributed by atoms with Gasteiger partial charge in [-0.2, -0.15) is 0 Å². The van der Waals surface area contributed by atoms with Gasteiger partial charge in [0.15, 0.2) is 0 Å². The Kier molecular flexibility index (Phi) is 9.19. The second kappa shape index (κ2) is 11.4. The zero-order valence-electron chi connectivity index (χ0n) is 18.0. The number of aryl methyl sites for hydroxylation is 1. The fourth-order valence-corrected chi connectivity index (χ4v) is 3.56. The Hall–Kier alpha value is -2.04. The second-order valence-corrected chi connectivity index (χ2v) is 8.75. The van der Waals surface area contributed by atoms with E-state index in [2.05, 4.69) is 5.32 Å². The topological polar surface area (TPSA) is 49.4 Å². The maximum absolute atomic E-state index is 13.3. The number of benzene rings is 2. The van der Waals surface area contributed by atoms with Crippen LogP contribution in [0.5, 0.6) is 0 Å². The molecule has 0 bridgehead atoms. The van der Waals surface area contributed by atoms with Crippen molar-refractivity contribution in [3.63, 3.8) is 0 Å². The number of halogens is 2. The molecule has 0 aromatic heterocycles. The van der Waals surface area contributed by atoms with E-state index >= 15 is 0 Å². The minimum absolute atomic E-state index is 0.122. The largest absolute Gasteiger partial charge is 0.354 e. The van der Waals surface area contributed by atoms with Gasteiger partial charge in [0, 0.05) is 13.1 Å². The van der Waals surface area contributed by atoms with Gasteiger partial charge in [-0.1, -0.05) is 74.3 Å². The quantitative estimate of drug-likeness (QED) is 0.556. The summed E-state index contributed by atoms with van der Waals surface area (Å²) in [6.45, 7) is 8.98. The molecule has 4 nitrogen and oxygen atoms in total. The Morgan fingerprint density at radius 3 is 2.37 bits per heavy atom. The maximum Gasteiger partial charge on any atom is 0.242 e. The molecule has 0 aliphatic heterocycles. The van der Waals surface area contributed by atoms with Gasteiger partial charge >= 0.3 is 0 Å². The summed E-state index contributed by atoms with van der Waals surface area (Å²) in [5.74, 6) is 0.0913. The van der Waals surface area contributed by atoms with Crippen molar-refractivity contribution < 1.29 is 9.59 Å². The van der Waals surface area contributed by atoms with Crippen LogP contribution >= 0.6 is 23.2 Å². The van der Waals surface area contributed by atoms with Crippen molar-refractivity contribution in [3.8, 4) is 0 Å². The fourth-order valence-electron chi connectivity index (χ4n) is 3.24. The van der Waals surface area contributed by atoms with Gasteiger partial charge in [0.1, 0.15) is 6.04 Å². The molecule has 0 aliphatic rings. The van der Waals surface area contributed by atoms with Crippen molar-refractivity contribution >= 4 is 35.0 Å². The summed E-state index contributed by atoms with van der Waals surface area (Å²) in [4.78, 5) is 27.9. The van der Waals surface area contributed by atoms with Crippen LogP contribution in [0.4, 0.5) is 0 Å². The van der Waals surface area contributed by atoms with Crippen LogP contribution in [0.25, 0.3) is 0 Å². The fraction of sp³-hybridized carbons (Fsp3) is 0.417. The van der Waals surface area contributed by atoms with Gasteiger partial charge < -0.3 is 10.2 Å². The third kappa shape index (κ3) is 6.75. The monoisotopic (exact) mass is 448 g/mol. The van der Waals surface area contributed by atoms with Crippen LogP contribution in [0, 0.1) is 12.8 Å². The Morgan fingerprint density at radius 1 is 1.07 bits per heavy atom. The Labute approximate surface area is 189 Å². The number of rotatable bonds is 9. The summed E-state index contributed by atoms with van der Waals surface area (Å²) >= 11 is 12.1. The van der Waals surface area contributed by atoms with Crippen molar-refractivity contribution in [2.24, 2.45) is 5.92 Å². The van der Waals surface area contributed by atoms with Crippen LogP contribution in [0.15, 0.2) is 42.5 Å². The van der Waals surface area contributed by atoms with Crippen LogP contribution in [0.1, 0.15) is 43.9 Å². The Bertz CT molecular complexity index is 883. The first-order chi connectivity index (χ1) is 14.2. The molecule has 0 saturated heterocycles. The number of carbonyl (C=O) groups is 2. The molecule has 0 heterocycles. The van der Waals surface area contributed by atoms with E-state index in [0.29, 0.717) is 35.5 Å². The zero-order chi connectivity index (χ0) is 22.3. The number of hydrogen-bond acceptors (Lipinski definition) is 2. The average Bonchev–Trinajstić information content (AvgIpc) is 2.70. The molecule has 0 aliphatic carbocycles. The predicted molar refractivity (Wildman–Crippen MR) is 124 cm³/mol. The van der Waals surface area contributed by atoms with Crippen molar-refractivity contribution in [1.29, 1.82) is 0 Å². The SMILES string of the molecule is CCC(C(=O)NCC(C)C)N(Cc1ccccc1C)C(=O)Cc1ccc(Cl)c(Cl)c1. The molecule has 1 N–H and O–H groups in total. The van der Waals surface area contributed by atoms with Gasteiger partial charge in [0.05, 0.1) is 16.5 Å². The normalized spacial score (nSPS) is 12.0. The maximum atomic E-state index is 13.3. The molecule has 0 fully saturated rings. The number of nitrogens with one attached hydrogen (secondary N) is 1. The summed E-state index contributed by atoms with van der Waals surface area (Å²) in [6, 6.07) is 12.6. The third-order valence-corrected chi connectivity index (χ3v) is 5.75. The first-order valence-electron chi connectivity index (χ1n) is 10.3. The van der Waals surface area contributed by atoms with Gasteiger partial charge in [-0.05, 0) is 48.1 Å². The highest BCUT2D eigenvalue weighted by molar-refractivity contribution is 6.42. The molecular weight excluding hydrogens is 419 g/mol. The average molecular weight is 449 g/mol. The molecule has 2 aromatic carbocycles. The predicted octanol–water partition coefficient (Wildman–Crippen LogP) is 5.42. The van der Waals surface area contributed by atoms with Crippen LogP contribution in [0.2, 0.25) is 10.0 Å². The lowest BCUT2D eigenvalue weighted by molar-refractivity contribution is -0.141.